The van der Waals surface area contributed by atoms with Crippen LogP contribution in [-0.4, -0.2) is 57.0 Å². The van der Waals surface area contributed by atoms with Crippen molar-refractivity contribution in [2.24, 2.45) is 0 Å². The van der Waals surface area contributed by atoms with E-state index in [9.17, 15) is 8.42 Å². The van der Waals surface area contributed by atoms with E-state index >= 15 is 0 Å². The van der Waals surface area contributed by atoms with Gasteiger partial charge < -0.3 is 10.2 Å². The maximum Gasteiger partial charge on any atom is 0.150 e. The highest BCUT2D eigenvalue weighted by Crippen LogP contribution is 2.27. The summed E-state index contributed by atoms with van der Waals surface area (Å²) in [6.07, 6.45) is 9.13. The van der Waals surface area contributed by atoms with Crippen molar-refractivity contribution in [3.05, 3.63) is 0 Å². The van der Waals surface area contributed by atoms with E-state index in [0.29, 0.717) is 12.1 Å². The summed E-state index contributed by atoms with van der Waals surface area (Å²) in [5.74, 6) is 0. The topological polar surface area (TPSA) is 49.4 Å². The first-order chi connectivity index (χ1) is 8.97. The van der Waals surface area contributed by atoms with Gasteiger partial charge in [0.15, 0.2) is 0 Å². The highest BCUT2D eigenvalue weighted by atomic mass is 32.2. The Morgan fingerprint density at radius 1 is 1.16 bits per heavy atom. The Kier molecular flexibility index (Phi) is 5.26. The third-order valence-electron chi connectivity index (χ3n) is 4.75. The zero-order valence-corrected chi connectivity index (χ0v) is 13.1. The molecule has 1 saturated heterocycles. The summed E-state index contributed by atoms with van der Waals surface area (Å²) in [5.41, 5.74) is 0. The van der Waals surface area contributed by atoms with Crippen molar-refractivity contribution in [1.82, 2.24) is 10.2 Å². The molecule has 0 radical (unpaired) electrons. The van der Waals surface area contributed by atoms with Crippen LogP contribution in [-0.2, 0) is 9.84 Å². The second-order valence-corrected chi connectivity index (χ2v) is 8.68. The Bertz CT molecular complexity index is 377. The summed E-state index contributed by atoms with van der Waals surface area (Å²) < 4.78 is 23.4. The van der Waals surface area contributed by atoms with E-state index in [2.05, 4.69) is 17.3 Å². The first-order valence-electron chi connectivity index (χ1n) is 7.59. The summed E-state index contributed by atoms with van der Waals surface area (Å²) >= 11 is 0. The standard InChI is InChI=1S/C14H28N2O2S/c1-16(11-12-6-3-4-9-15-12)13-7-5-8-14(10-13)19(2,17)18/h12-15H,3-11H2,1-2H3. The molecule has 3 atom stereocenters. The molecule has 0 spiro atoms. The number of sulfone groups is 1. The van der Waals surface area contributed by atoms with E-state index in [0.717, 1.165) is 38.8 Å². The van der Waals surface area contributed by atoms with Gasteiger partial charge in [0.1, 0.15) is 9.84 Å². The quantitative estimate of drug-likeness (QED) is 0.850. The molecule has 4 nitrogen and oxygen atoms in total. The summed E-state index contributed by atoms with van der Waals surface area (Å²) in [4.78, 5) is 2.39. The van der Waals surface area contributed by atoms with Gasteiger partial charge in [0.25, 0.3) is 0 Å². The zero-order valence-electron chi connectivity index (χ0n) is 12.3. The van der Waals surface area contributed by atoms with E-state index in [4.69, 9.17) is 0 Å². The van der Waals surface area contributed by atoms with Gasteiger partial charge in [-0.2, -0.15) is 0 Å². The molecular weight excluding hydrogens is 260 g/mol. The van der Waals surface area contributed by atoms with Gasteiger partial charge in [-0.1, -0.05) is 12.8 Å². The summed E-state index contributed by atoms with van der Waals surface area (Å²) in [5, 5.41) is 3.45. The van der Waals surface area contributed by atoms with E-state index in [1.165, 1.54) is 25.5 Å². The van der Waals surface area contributed by atoms with Gasteiger partial charge in [-0.05, 0) is 45.7 Å². The molecule has 2 aliphatic rings. The third-order valence-corrected chi connectivity index (χ3v) is 6.39. The van der Waals surface area contributed by atoms with Crippen LogP contribution in [0.4, 0.5) is 0 Å². The van der Waals surface area contributed by atoms with Crippen molar-refractivity contribution in [2.75, 3.05) is 26.4 Å². The molecule has 0 amide bonds. The Balaban J connectivity index is 1.86. The molecule has 2 rings (SSSR count). The number of nitrogens with one attached hydrogen (secondary N) is 1. The monoisotopic (exact) mass is 288 g/mol. The highest BCUT2D eigenvalue weighted by Gasteiger charge is 2.31. The van der Waals surface area contributed by atoms with Crippen LogP contribution in [0.5, 0.6) is 0 Å². The molecule has 1 aliphatic heterocycles. The molecule has 0 bridgehead atoms. The third kappa shape index (κ3) is 4.43. The lowest BCUT2D eigenvalue weighted by Crippen LogP contribution is -2.47. The Hall–Kier alpha value is -0.130. The van der Waals surface area contributed by atoms with E-state index in [1.807, 2.05) is 0 Å². The fourth-order valence-corrected chi connectivity index (χ4v) is 4.65. The molecule has 2 fully saturated rings. The lowest BCUT2D eigenvalue weighted by Gasteiger charge is -2.37. The number of likely N-dealkylation sites (N-methyl/N-ethyl adjacent to an activating group) is 1. The minimum atomic E-state index is -2.87. The van der Waals surface area contributed by atoms with Gasteiger partial charge >= 0.3 is 0 Å². The van der Waals surface area contributed by atoms with Crippen LogP contribution in [0, 0.1) is 0 Å². The average molecular weight is 288 g/mol. The van der Waals surface area contributed by atoms with E-state index < -0.39 is 9.84 Å². The molecule has 0 aromatic heterocycles. The lowest BCUT2D eigenvalue weighted by atomic mass is 9.93. The highest BCUT2D eigenvalue weighted by molar-refractivity contribution is 7.91. The van der Waals surface area contributed by atoms with Crippen LogP contribution in [0.3, 0.4) is 0 Å². The van der Waals surface area contributed by atoms with Crippen molar-refractivity contribution < 1.29 is 8.42 Å². The SMILES string of the molecule is CN(CC1CCCCN1)C1CCCC(S(C)(=O)=O)C1. The Labute approximate surface area is 117 Å². The Morgan fingerprint density at radius 3 is 2.58 bits per heavy atom. The first-order valence-corrected chi connectivity index (χ1v) is 9.55. The van der Waals surface area contributed by atoms with Gasteiger partial charge in [-0.15, -0.1) is 0 Å². The predicted molar refractivity (Wildman–Crippen MR) is 79.2 cm³/mol. The predicted octanol–water partition coefficient (Wildman–Crippen LogP) is 1.42. The maximum absolute atomic E-state index is 11.7. The number of nitrogens with zero attached hydrogens (tertiary/aromatic N) is 1. The summed E-state index contributed by atoms with van der Waals surface area (Å²) in [6, 6.07) is 1.04. The summed E-state index contributed by atoms with van der Waals surface area (Å²) in [7, 11) is -0.709. The van der Waals surface area contributed by atoms with Crippen LogP contribution < -0.4 is 5.32 Å². The fourth-order valence-electron chi connectivity index (χ4n) is 3.49. The van der Waals surface area contributed by atoms with Crippen LogP contribution >= 0.6 is 0 Å². The fraction of sp³-hybridized carbons (Fsp3) is 1.00. The second-order valence-electron chi connectivity index (χ2n) is 6.36. The number of hydrogen-bond acceptors (Lipinski definition) is 4. The van der Waals surface area contributed by atoms with Gasteiger partial charge in [0.05, 0.1) is 5.25 Å². The molecule has 1 saturated carbocycles. The maximum atomic E-state index is 11.7. The second kappa shape index (κ2) is 6.55. The smallest absolute Gasteiger partial charge is 0.150 e. The zero-order chi connectivity index (χ0) is 13.9. The molecular formula is C14H28N2O2S. The molecule has 0 aromatic rings. The van der Waals surface area contributed by atoms with Gasteiger partial charge in [-0.25, -0.2) is 8.42 Å². The average Bonchev–Trinajstić information content (AvgIpc) is 2.39. The van der Waals surface area contributed by atoms with E-state index in [1.54, 1.807) is 0 Å². The van der Waals surface area contributed by atoms with Crippen molar-refractivity contribution in [3.8, 4) is 0 Å². The molecule has 0 aromatic carbocycles. The van der Waals surface area contributed by atoms with Crippen molar-refractivity contribution in [3.63, 3.8) is 0 Å². The molecule has 5 heteroatoms. The molecule has 19 heavy (non-hydrogen) atoms. The van der Waals surface area contributed by atoms with E-state index in [-0.39, 0.29) is 5.25 Å². The van der Waals surface area contributed by atoms with Crippen molar-refractivity contribution in [2.45, 2.75) is 62.3 Å². The minimum absolute atomic E-state index is 0.118. The van der Waals surface area contributed by atoms with Gasteiger partial charge in [0.2, 0.25) is 0 Å². The first kappa shape index (κ1) is 15.3. The Morgan fingerprint density at radius 2 is 1.95 bits per heavy atom. The minimum Gasteiger partial charge on any atom is -0.313 e. The van der Waals surface area contributed by atoms with Crippen molar-refractivity contribution in [1.29, 1.82) is 0 Å². The van der Waals surface area contributed by atoms with Crippen LogP contribution in [0.25, 0.3) is 0 Å². The molecule has 1 N–H and O–H groups in total. The number of piperidine rings is 1. The van der Waals surface area contributed by atoms with Gasteiger partial charge in [-0.3, -0.25) is 0 Å². The van der Waals surface area contributed by atoms with Crippen LogP contribution in [0.1, 0.15) is 44.9 Å². The number of rotatable bonds is 4. The normalized spacial score (nSPS) is 33.5. The van der Waals surface area contributed by atoms with Gasteiger partial charge in [0, 0.05) is 24.9 Å². The van der Waals surface area contributed by atoms with Crippen molar-refractivity contribution >= 4 is 9.84 Å². The molecule has 3 unspecified atom stereocenters. The lowest BCUT2D eigenvalue weighted by molar-refractivity contribution is 0.167. The largest absolute Gasteiger partial charge is 0.313 e. The molecule has 112 valence electrons. The van der Waals surface area contributed by atoms with Crippen LogP contribution in [0.15, 0.2) is 0 Å². The summed E-state index contributed by atoms with van der Waals surface area (Å²) in [6.45, 7) is 2.19. The molecule has 1 aliphatic carbocycles. The number of hydrogen-bond donors (Lipinski definition) is 1. The van der Waals surface area contributed by atoms with Crippen LogP contribution in [0.2, 0.25) is 0 Å². The molecule has 1 heterocycles.